The lowest BCUT2D eigenvalue weighted by molar-refractivity contribution is -0.132. The van der Waals surface area contributed by atoms with Crippen LogP contribution in [0.5, 0.6) is 0 Å². The van der Waals surface area contributed by atoms with Crippen LogP contribution in [0.4, 0.5) is 4.79 Å². The Morgan fingerprint density at radius 3 is 2.10 bits per heavy atom. The van der Waals surface area contributed by atoms with Gasteiger partial charge in [0.05, 0.1) is 12.2 Å². The second-order valence-corrected chi connectivity index (χ2v) is 8.26. The van der Waals surface area contributed by atoms with E-state index in [1.165, 1.54) is 11.1 Å². The number of carbonyl (C=O) groups excluding carboxylic acids is 2. The predicted molar refractivity (Wildman–Crippen MR) is 107 cm³/mol. The lowest BCUT2D eigenvalue weighted by atomic mass is 9.86. The summed E-state index contributed by atoms with van der Waals surface area (Å²) in [4.78, 5) is 24.9. The molecule has 2 fully saturated rings. The number of nitrogens with one attached hydrogen (secondary N) is 1. The zero-order valence-electron chi connectivity index (χ0n) is 16.1. The normalized spacial score (nSPS) is 27.2. The third-order valence-electron chi connectivity index (χ3n) is 6.50. The lowest BCUT2D eigenvalue weighted by Gasteiger charge is -2.38. The molecule has 3 N–H and O–H groups in total. The molecule has 2 aliphatic heterocycles. The van der Waals surface area contributed by atoms with Gasteiger partial charge in [0.15, 0.2) is 0 Å². The molecule has 2 heterocycles. The van der Waals surface area contributed by atoms with Gasteiger partial charge in [0.1, 0.15) is 12.1 Å². The summed E-state index contributed by atoms with van der Waals surface area (Å²) in [5.74, 6) is -0.547. The van der Waals surface area contributed by atoms with Gasteiger partial charge in [-0.1, -0.05) is 48.5 Å². The Morgan fingerprint density at radius 1 is 1.00 bits per heavy atom. The molecule has 2 amide bonds. The quantitative estimate of drug-likeness (QED) is 0.837. The van der Waals surface area contributed by atoms with Crippen LogP contribution in [0.2, 0.25) is 0 Å². The highest BCUT2D eigenvalue weighted by Crippen LogP contribution is 2.44. The molecule has 5 rings (SSSR count). The molecule has 3 aliphatic rings. The molecule has 0 radical (unpaired) electrons. The molecule has 0 spiro atoms. The number of hydrogen-bond donors (Lipinski definition) is 2. The van der Waals surface area contributed by atoms with E-state index < -0.39 is 17.5 Å². The third kappa shape index (κ3) is 3.08. The zero-order valence-corrected chi connectivity index (χ0v) is 16.1. The van der Waals surface area contributed by atoms with Gasteiger partial charge in [-0.15, -0.1) is 0 Å². The van der Waals surface area contributed by atoms with Crippen molar-refractivity contribution in [2.45, 2.75) is 49.3 Å². The maximum absolute atomic E-state index is 12.7. The number of nitrogens with two attached hydrogens (primary N) is 1. The average Bonchev–Trinajstić information content (AvgIpc) is 3.23. The molecule has 2 saturated heterocycles. The fourth-order valence-electron chi connectivity index (χ4n) is 5.14. The highest BCUT2D eigenvalue weighted by atomic mass is 16.5. The van der Waals surface area contributed by atoms with Crippen LogP contribution in [-0.2, 0) is 14.3 Å². The first kappa shape index (κ1) is 18.2. The van der Waals surface area contributed by atoms with E-state index in [2.05, 4.69) is 29.6 Å². The maximum Gasteiger partial charge on any atom is 0.408 e. The van der Waals surface area contributed by atoms with Gasteiger partial charge in [-0.2, -0.15) is 0 Å². The van der Waals surface area contributed by atoms with Crippen molar-refractivity contribution in [1.82, 2.24) is 5.32 Å². The summed E-state index contributed by atoms with van der Waals surface area (Å²) in [5, 5.41) is 2.79. The number of fused-ring (bicyclic) bond motifs is 5. The number of hydrogen-bond acceptors (Lipinski definition) is 4. The number of ether oxygens (including phenoxy) is 2. The number of amides is 2. The standard InChI is InChI=1S/C23H24N2O4/c24-21(26)23(11-14-9-10-15(12-23)29-14)25-22(27)28-13-20-18-7-3-1-5-16(18)17-6-2-4-8-19(17)20/h1-8,14-15,20H,9-13H2,(H2,24,26)(H,25,27). The van der Waals surface area contributed by atoms with Gasteiger partial charge in [0.2, 0.25) is 5.91 Å². The molecule has 2 unspecified atom stereocenters. The van der Waals surface area contributed by atoms with Crippen LogP contribution in [-0.4, -0.2) is 36.4 Å². The monoisotopic (exact) mass is 392 g/mol. The smallest absolute Gasteiger partial charge is 0.408 e. The van der Waals surface area contributed by atoms with Gasteiger partial charge in [-0.3, -0.25) is 4.79 Å². The summed E-state index contributed by atoms with van der Waals surface area (Å²) in [5.41, 5.74) is 9.23. The van der Waals surface area contributed by atoms with E-state index in [4.69, 9.17) is 15.2 Å². The van der Waals surface area contributed by atoms with E-state index in [1.54, 1.807) is 0 Å². The van der Waals surface area contributed by atoms with Gasteiger partial charge < -0.3 is 20.5 Å². The molecule has 150 valence electrons. The predicted octanol–water partition coefficient (Wildman–Crippen LogP) is 3.09. The molecule has 2 aromatic rings. The van der Waals surface area contributed by atoms with Gasteiger partial charge >= 0.3 is 6.09 Å². The minimum Gasteiger partial charge on any atom is -0.449 e. The number of carbonyl (C=O) groups is 2. The summed E-state index contributed by atoms with van der Waals surface area (Å²) in [6, 6.07) is 16.4. The molecule has 0 saturated carbocycles. The van der Waals surface area contributed by atoms with Crippen LogP contribution in [0.25, 0.3) is 11.1 Å². The van der Waals surface area contributed by atoms with E-state index in [-0.39, 0.29) is 24.7 Å². The van der Waals surface area contributed by atoms with E-state index in [9.17, 15) is 9.59 Å². The molecule has 6 nitrogen and oxygen atoms in total. The molecule has 2 bridgehead atoms. The summed E-state index contributed by atoms with van der Waals surface area (Å²) in [6.07, 6.45) is 1.93. The lowest BCUT2D eigenvalue weighted by Crippen LogP contribution is -2.62. The Kier molecular flexibility index (Phi) is 4.32. The molecule has 0 aromatic heterocycles. The van der Waals surface area contributed by atoms with E-state index in [0.717, 1.165) is 24.0 Å². The van der Waals surface area contributed by atoms with Crippen LogP contribution in [0.15, 0.2) is 48.5 Å². The third-order valence-corrected chi connectivity index (χ3v) is 6.50. The van der Waals surface area contributed by atoms with Crippen molar-refractivity contribution in [3.05, 3.63) is 59.7 Å². The molecule has 29 heavy (non-hydrogen) atoms. The van der Waals surface area contributed by atoms with Crippen LogP contribution < -0.4 is 11.1 Å². The van der Waals surface area contributed by atoms with E-state index in [1.807, 2.05) is 24.3 Å². The SMILES string of the molecule is NC(=O)C1(NC(=O)OCC2c3ccccc3-c3ccccc32)CC2CCC(C1)O2. The van der Waals surface area contributed by atoms with E-state index in [0.29, 0.717) is 12.8 Å². The topological polar surface area (TPSA) is 90.7 Å². The Balaban J connectivity index is 1.31. The van der Waals surface area contributed by atoms with Gasteiger partial charge in [0.25, 0.3) is 0 Å². The number of alkyl carbamates (subject to hydrolysis) is 1. The first-order valence-electron chi connectivity index (χ1n) is 10.1. The van der Waals surface area contributed by atoms with Gasteiger partial charge in [0, 0.05) is 18.8 Å². The first-order valence-corrected chi connectivity index (χ1v) is 10.1. The zero-order chi connectivity index (χ0) is 20.0. The van der Waals surface area contributed by atoms with Crippen molar-refractivity contribution < 1.29 is 19.1 Å². The largest absolute Gasteiger partial charge is 0.449 e. The summed E-state index contributed by atoms with van der Waals surface area (Å²) < 4.78 is 11.4. The maximum atomic E-state index is 12.7. The molecular formula is C23H24N2O4. The fraction of sp³-hybridized carbons (Fsp3) is 0.391. The highest BCUT2D eigenvalue weighted by molar-refractivity contribution is 5.89. The second-order valence-electron chi connectivity index (χ2n) is 8.26. The molecule has 6 heteroatoms. The summed E-state index contributed by atoms with van der Waals surface area (Å²) >= 11 is 0. The van der Waals surface area contributed by atoms with Crippen molar-refractivity contribution in [2.75, 3.05) is 6.61 Å². The van der Waals surface area contributed by atoms with Gasteiger partial charge in [-0.25, -0.2) is 4.79 Å². The second kappa shape index (κ2) is 6.88. The summed E-state index contributed by atoms with van der Waals surface area (Å²) in [6.45, 7) is 0.206. The van der Waals surface area contributed by atoms with Crippen molar-refractivity contribution in [2.24, 2.45) is 5.73 Å². The number of rotatable bonds is 4. The minimum atomic E-state index is -1.09. The van der Waals surface area contributed by atoms with Crippen molar-refractivity contribution in [1.29, 1.82) is 0 Å². The van der Waals surface area contributed by atoms with Crippen LogP contribution in [0, 0.1) is 0 Å². The van der Waals surface area contributed by atoms with Crippen LogP contribution in [0.3, 0.4) is 0 Å². The minimum absolute atomic E-state index is 0.0245. The molecular weight excluding hydrogens is 368 g/mol. The molecule has 2 atom stereocenters. The molecule has 2 aromatic carbocycles. The molecule has 1 aliphatic carbocycles. The number of benzene rings is 2. The Morgan fingerprint density at radius 2 is 1.55 bits per heavy atom. The Hall–Kier alpha value is -2.86. The van der Waals surface area contributed by atoms with Crippen molar-refractivity contribution >= 4 is 12.0 Å². The van der Waals surface area contributed by atoms with Gasteiger partial charge in [-0.05, 0) is 35.1 Å². The Bertz CT molecular complexity index is 915. The highest BCUT2D eigenvalue weighted by Gasteiger charge is 2.50. The van der Waals surface area contributed by atoms with E-state index >= 15 is 0 Å². The average molecular weight is 392 g/mol. The Labute approximate surface area is 169 Å². The van der Waals surface area contributed by atoms with Crippen molar-refractivity contribution in [3.63, 3.8) is 0 Å². The first-order chi connectivity index (χ1) is 14.1. The summed E-state index contributed by atoms with van der Waals surface area (Å²) in [7, 11) is 0. The number of primary amides is 1. The van der Waals surface area contributed by atoms with Crippen LogP contribution in [0.1, 0.15) is 42.7 Å². The van der Waals surface area contributed by atoms with Crippen molar-refractivity contribution in [3.8, 4) is 11.1 Å². The van der Waals surface area contributed by atoms with Crippen LogP contribution >= 0.6 is 0 Å². The fourth-order valence-corrected chi connectivity index (χ4v) is 5.14.